The average molecular weight is 170 g/mol. The highest BCUT2D eigenvalue weighted by Crippen LogP contribution is 2.07. The van der Waals surface area contributed by atoms with Crippen molar-refractivity contribution in [3.63, 3.8) is 0 Å². The Bertz CT molecular complexity index is 205. The van der Waals surface area contributed by atoms with Crippen LogP contribution in [0.1, 0.15) is 34.1 Å². The molecule has 0 aromatic rings. The highest BCUT2D eigenvalue weighted by molar-refractivity contribution is 5.70. The van der Waals surface area contributed by atoms with Crippen LogP contribution in [-0.2, 0) is 9.53 Å². The van der Waals surface area contributed by atoms with Crippen molar-refractivity contribution < 1.29 is 9.53 Å². The van der Waals surface area contributed by atoms with Crippen molar-refractivity contribution in [1.29, 1.82) is 0 Å². The number of carbonyl (C=O) groups excluding carboxylic acids is 1. The molecule has 0 aliphatic rings. The third-order valence-electron chi connectivity index (χ3n) is 1.01. The lowest BCUT2D eigenvalue weighted by atomic mass is 10.2. The van der Waals surface area contributed by atoms with Gasteiger partial charge in [0.15, 0.2) is 0 Å². The lowest BCUT2D eigenvalue weighted by molar-refractivity contribution is -0.154. The summed E-state index contributed by atoms with van der Waals surface area (Å²) in [6.07, 6.45) is 0.331. The van der Waals surface area contributed by atoms with E-state index in [0.29, 0.717) is 13.0 Å². The van der Waals surface area contributed by atoms with E-state index in [0.717, 1.165) is 0 Å². The number of esters is 1. The minimum absolute atomic E-state index is 0.207. The van der Waals surface area contributed by atoms with Gasteiger partial charge in [-0.05, 0) is 20.8 Å². The number of carbonyl (C=O) groups is 1. The number of nitrogens with zero attached hydrogens (tertiary/aromatic N) is 1. The zero-order valence-corrected chi connectivity index (χ0v) is 8.18. The van der Waals surface area contributed by atoms with Crippen LogP contribution in [0, 0.1) is 6.07 Å². The summed E-state index contributed by atoms with van der Waals surface area (Å²) >= 11 is 0. The second-order valence-electron chi connectivity index (χ2n) is 3.44. The Morgan fingerprint density at radius 3 is 2.50 bits per heavy atom. The summed E-state index contributed by atoms with van der Waals surface area (Å²) in [5.74, 6) is -0.207. The maximum atomic E-state index is 11.0. The molecule has 0 aliphatic heterocycles. The number of rotatable bonds is 2. The summed E-state index contributed by atoms with van der Waals surface area (Å²) in [5, 5.41) is 0. The van der Waals surface area contributed by atoms with Gasteiger partial charge in [-0.2, -0.15) is 0 Å². The van der Waals surface area contributed by atoms with Crippen molar-refractivity contribution in [2.24, 2.45) is 0 Å². The van der Waals surface area contributed by atoms with Crippen LogP contribution in [0.4, 0.5) is 0 Å². The monoisotopic (exact) mass is 170 g/mol. The molecule has 0 unspecified atom stereocenters. The maximum absolute atomic E-state index is 11.0. The smallest absolute Gasteiger partial charge is 0.314 e. The first-order valence-corrected chi connectivity index (χ1v) is 4.01. The molecule has 0 saturated carbocycles. The number of ether oxygens (including phenoxy) is 1. The molecule has 0 atom stereocenters. The Balaban J connectivity index is 3.66. The summed E-state index contributed by atoms with van der Waals surface area (Å²) in [5.41, 5.74) is -0.392. The Morgan fingerprint density at radius 1 is 1.50 bits per heavy atom. The van der Waals surface area contributed by atoms with Crippen molar-refractivity contribution in [2.45, 2.75) is 39.7 Å². The van der Waals surface area contributed by atoms with Crippen LogP contribution in [0.25, 0.3) is 4.85 Å². The molecule has 0 aromatic carbocycles. The predicted molar refractivity (Wildman–Crippen MR) is 48.3 cm³/mol. The van der Waals surface area contributed by atoms with Gasteiger partial charge in [-0.25, -0.2) is 0 Å². The van der Waals surface area contributed by atoms with E-state index in [4.69, 9.17) is 4.74 Å². The molecule has 0 spiro atoms. The first kappa shape index (κ1) is 11.0. The van der Waals surface area contributed by atoms with Gasteiger partial charge in [-0.1, -0.05) is 4.85 Å². The van der Waals surface area contributed by atoms with Gasteiger partial charge in [0.25, 0.3) is 12.6 Å². The van der Waals surface area contributed by atoms with E-state index < -0.39 is 5.60 Å². The summed E-state index contributed by atoms with van der Waals surface area (Å²) in [7, 11) is 0. The molecule has 0 aromatic heterocycles. The summed E-state index contributed by atoms with van der Waals surface area (Å²) in [6, 6.07) is 2.60. The van der Waals surface area contributed by atoms with Gasteiger partial charge in [0.05, 0.1) is 6.92 Å². The lowest BCUT2D eigenvalue weighted by Gasteiger charge is -2.18. The molecule has 0 fully saturated rings. The molecule has 0 N–H and O–H groups in total. The molecule has 0 radical (unpaired) electrons. The quantitative estimate of drug-likeness (QED) is 0.594. The molecular weight excluding hydrogens is 154 g/mol. The highest BCUT2D eigenvalue weighted by atomic mass is 16.6. The van der Waals surface area contributed by atoms with Crippen LogP contribution in [0.15, 0.2) is 0 Å². The molecule has 0 aliphatic carbocycles. The highest BCUT2D eigenvalue weighted by Gasteiger charge is 2.16. The lowest BCUT2D eigenvalue weighted by Crippen LogP contribution is -2.23. The second-order valence-corrected chi connectivity index (χ2v) is 3.44. The van der Waals surface area contributed by atoms with Gasteiger partial charge < -0.3 is 4.74 Å². The molecule has 0 heterocycles. The molecule has 68 valence electrons. The van der Waals surface area contributed by atoms with Crippen molar-refractivity contribution in [1.82, 2.24) is 0 Å². The number of hydrogen-bond acceptors (Lipinski definition) is 2. The third kappa shape index (κ3) is 7.07. The van der Waals surface area contributed by atoms with E-state index in [2.05, 4.69) is 10.9 Å². The molecule has 3 heteroatoms. The van der Waals surface area contributed by atoms with E-state index in [-0.39, 0.29) is 5.97 Å². The topological polar surface area (TPSA) is 30.7 Å². The molecule has 3 nitrogen and oxygen atoms in total. The van der Waals surface area contributed by atoms with Gasteiger partial charge in [0, 0.05) is 0 Å². The molecule has 0 saturated heterocycles. The first-order valence-electron chi connectivity index (χ1n) is 4.01. The van der Waals surface area contributed by atoms with Gasteiger partial charge in [-0.15, -0.1) is 0 Å². The minimum Gasteiger partial charge on any atom is -0.460 e. The number of hydrogen-bond donors (Lipinski definition) is 0. The van der Waals surface area contributed by atoms with E-state index in [1.165, 1.54) is 0 Å². The van der Waals surface area contributed by atoms with Gasteiger partial charge in [-0.3, -0.25) is 4.79 Å². The largest absolute Gasteiger partial charge is 0.460 e. The minimum atomic E-state index is -0.392. The van der Waals surface area contributed by atoms with Gasteiger partial charge >= 0.3 is 5.97 Å². The zero-order chi connectivity index (χ0) is 9.61. The summed E-state index contributed by atoms with van der Waals surface area (Å²) in [6.45, 7) is 7.71. The summed E-state index contributed by atoms with van der Waals surface area (Å²) in [4.78, 5) is 14.8. The first-order chi connectivity index (χ1) is 5.45. The van der Waals surface area contributed by atoms with Crippen molar-refractivity contribution in [3.8, 4) is 6.07 Å². The maximum Gasteiger partial charge on any atom is 0.314 e. The van der Waals surface area contributed by atoms with Crippen LogP contribution in [0.2, 0.25) is 0 Å². The van der Waals surface area contributed by atoms with Crippen molar-refractivity contribution in [3.05, 3.63) is 4.85 Å². The fourth-order valence-electron chi connectivity index (χ4n) is 0.652. The zero-order valence-electron chi connectivity index (χ0n) is 8.18. The van der Waals surface area contributed by atoms with Crippen LogP contribution in [0.5, 0.6) is 0 Å². The van der Waals surface area contributed by atoms with Gasteiger partial charge in [0.2, 0.25) is 0 Å². The second kappa shape index (κ2) is 4.76. The standard InChI is InChI=1S/C9H16NO2/c1-5-10-7-6-8(11)12-9(2,3)4/h6-7H2,1-4H3/q+1. The van der Waals surface area contributed by atoms with Crippen molar-refractivity contribution in [2.75, 3.05) is 6.54 Å². The Morgan fingerprint density at radius 2 is 2.08 bits per heavy atom. The Hall–Kier alpha value is -1.04. The SMILES string of the molecule is CC#[N+]CCC(=O)OC(C)(C)C. The van der Waals surface area contributed by atoms with Crippen molar-refractivity contribution >= 4 is 5.97 Å². The van der Waals surface area contributed by atoms with E-state index in [1.807, 2.05) is 20.8 Å². The van der Waals surface area contributed by atoms with Crippen LogP contribution < -0.4 is 0 Å². The summed E-state index contributed by atoms with van der Waals surface area (Å²) < 4.78 is 5.06. The normalized spacial score (nSPS) is 10.0. The van der Waals surface area contributed by atoms with E-state index in [1.54, 1.807) is 6.92 Å². The van der Waals surface area contributed by atoms with E-state index in [9.17, 15) is 4.79 Å². The van der Waals surface area contributed by atoms with Crippen LogP contribution in [0.3, 0.4) is 0 Å². The predicted octanol–water partition coefficient (Wildman–Crippen LogP) is 2.07. The van der Waals surface area contributed by atoms with Crippen LogP contribution >= 0.6 is 0 Å². The Kier molecular flexibility index (Phi) is 4.35. The van der Waals surface area contributed by atoms with Gasteiger partial charge in [0.1, 0.15) is 12.0 Å². The molecule has 12 heavy (non-hydrogen) atoms. The molecule has 0 bridgehead atoms. The molecular formula is C9H16NO2+. The molecule has 0 rings (SSSR count). The van der Waals surface area contributed by atoms with Crippen LogP contribution in [-0.4, -0.2) is 18.1 Å². The fourth-order valence-corrected chi connectivity index (χ4v) is 0.652. The average Bonchev–Trinajstić information content (AvgIpc) is 1.84. The fraction of sp³-hybridized carbons (Fsp3) is 0.778. The molecule has 0 amide bonds. The van der Waals surface area contributed by atoms with E-state index >= 15 is 0 Å². The third-order valence-corrected chi connectivity index (χ3v) is 1.01. The Labute approximate surface area is 73.5 Å².